The first kappa shape index (κ1) is 14.4. The van der Waals surface area contributed by atoms with Crippen LogP contribution < -0.4 is 5.32 Å². The van der Waals surface area contributed by atoms with Crippen molar-refractivity contribution in [2.24, 2.45) is 0 Å². The van der Waals surface area contributed by atoms with Crippen LogP contribution in [0.2, 0.25) is 0 Å². The third-order valence-corrected chi connectivity index (χ3v) is 4.16. The topological polar surface area (TPSA) is 86.6 Å². The van der Waals surface area contributed by atoms with Crippen LogP contribution in [0.3, 0.4) is 0 Å². The van der Waals surface area contributed by atoms with E-state index in [4.69, 9.17) is 4.55 Å². The number of para-hydroxylation sites is 1. The van der Waals surface area contributed by atoms with E-state index in [1.54, 1.807) is 12.1 Å². The van der Waals surface area contributed by atoms with Gasteiger partial charge in [-0.3, -0.25) is 4.55 Å². The van der Waals surface area contributed by atoms with Gasteiger partial charge in [0.05, 0.1) is 10.6 Å². The van der Waals surface area contributed by atoms with Crippen molar-refractivity contribution >= 4 is 32.3 Å². The summed E-state index contributed by atoms with van der Waals surface area (Å²) in [6.45, 7) is 0. The van der Waals surface area contributed by atoms with E-state index in [0.717, 1.165) is 5.69 Å². The third kappa shape index (κ3) is 2.74. The summed E-state index contributed by atoms with van der Waals surface area (Å²) in [7, 11) is -4.26. The average molecular weight is 315 g/mol. The number of rotatable bonds is 3. The molecule has 6 heteroatoms. The molecule has 0 aromatic heterocycles. The Balaban J connectivity index is 2.07. The Kier molecular flexibility index (Phi) is 3.48. The van der Waals surface area contributed by atoms with Crippen LogP contribution in [0.1, 0.15) is 0 Å². The Morgan fingerprint density at radius 2 is 1.64 bits per heavy atom. The summed E-state index contributed by atoms with van der Waals surface area (Å²) >= 11 is 0. The Morgan fingerprint density at radius 1 is 0.909 bits per heavy atom. The Hall–Kier alpha value is -2.57. The maximum absolute atomic E-state index is 11.2. The van der Waals surface area contributed by atoms with Gasteiger partial charge in [-0.05, 0) is 41.8 Å². The minimum Gasteiger partial charge on any atom is -0.505 e. The second kappa shape index (κ2) is 5.32. The minimum absolute atomic E-state index is 0.0169. The largest absolute Gasteiger partial charge is 0.505 e. The monoisotopic (exact) mass is 315 g/mol. The third-order valence-electron chi connectivity index (χ3n) is 3.31. The van der Waals surface area contributed by atoms with Gasteiger partial charge < -0.3 is 10.4 Å². The molecule has 0 atom stereocenters. The minimum atomic E-state index is -4.26. The van der Waals surface area contributed by atoms with Gasteiger partial charge in [-0.15, -0.1) is 0 Å². The predicted molar refractivity (Wildman–Crippen MR) is 85.2 cm³/mol. The zero-order chi connectivity index (χ0) is 15.7. The standard InChI is InChI=1S/C16H13NO4S/c18-16-14-8-7-13(22(19,20)21)10-11(14)6-9-15(16)17-12-4-2-1-3-5-12/h1-10,17-18H,(H,19,20,21). The molecular formula is C16H13NO4S. The van der Waals surface area contributed by atoms with Gasteiger partial charge in [0, 0.05) is 11.1 Å². The molecule has 0 spiro atoms. The molecule has 0 aliphatic rings. The summed E-state index contributed by atoms with van der Waals surface area (Å²) in [6, 6.07) is 16.7. The fourth-order valence-corrected chi connectivity index (χ4v) is 2.75. The number of nitrogens with one attached hydrogen (secondary N) is 1. The smallest absolute Gasteiger partial charge is 0.294 e. The lowest BCUT2D eigenvalue weighted by Gasteiger charge is -2.11. The first-order chi connectivity index (χ1) is 10.4. The van der Waals surface area contributed by atoms with Crippen molar-refractivity contribution in [3.05, 3.63) is 60.7 Å². The second-order valence-corrected chi connectivity index (χ2v) is 6.23. The van der Waals surface area contributed by atoms with Crippen LogP contribution in [0, 0.1) is 0 Å². The van der Waals surface area contributed by atoms with Crippen molar-refractivity contribution in [2.75, 3.05) is 5.32 Å². The van der Waals surface area contributed by atoms with Crippen LogP contribution in [0.15, 0.2) is 65.6 Å². The average Bonchev–Trinajstić information content (AvgIpc) is 2.50. The molecule has 3 aromatic carbocycles. The summed E-state index contributed by atoms with van der Waals surface area (Å²) in [4.78, 5) is -0.205. The molecule has 0 heterocycles. The molecule has 22 heavy (non-hydrogen) atoms. The molecule has 5 nitrogen and oxygen atoms in total. The molecule has 0 aliphatic carbocycles. The summed E-state index contributed by atoms with van der Waals surface area (Å²) in [6.07, 6.45) is 0. The van der Waals surface area contributed by atoms with E-state index in [9.17, 15) is 13.5 Å². The molecule has 3 N–H and O–H groups in total. The Labute approximate surface area is 127 Å². The van der Waals surface area contributed by atoms with Crippen molar-refractivity contribution in [1.29, 1.82) is 0 Å². The van der Waals surface area contributed by atoms with E-state index >= 15 is 0 Å². The molecule has 0 saturated carbocycles. The van der Waals surface area contributed by atoms with Gasteiger partial charge in [0.1, 0.15) is 5.75 Å². The van der Waals surface area contributed by atoms with E-state index in [1.807, 2.05) is 30.3 Å². The first-order valence-electron chi connectivity index (χ1n) is 6.50. The van der Waals surface area contributed by atoms with Crippen molar-refractivity contribution in [2.45, 2.75) is 4.90 Å². The van der Waals surface area contributed by atoms with Crippen LogP contribution in [-0.4, -0.2) is 18.1 Å². The normalized spacial score (nSPS) is 11.5. The van der Waals surface area contributed by atoms with Crippen molar-refractivity contribution in [3.63, 3.8) is 0 Å². The van der Waals surface area contributed by atoms with Gasteiger partial charge in [-0.1, -0.05) is 24.3 Å². The van der Waals surface area contributed by atoms with Crippen LogP contribution >= 0.6 is 0 Å². The molecule has 3 rings (SSSR count). The lowest BCUT2D eigenvalue weighted by molar-refractivity contribution is 0.481. The number of aromatic hydroxyl groups is 1. The number of hydrogen-bond acceptors (Lipinski definition) is 4. The van der Waals surface area contributed by atoms with Crippen LogP contribution in [0.4, 0.5) is 11.4 Å². The predicted octanol–water partition coefficient (Wildman–Crippen LogP) is 3.54. The van der Waals surface area contributed by atoms with E-state index < -0.39 is 10.1 Å². The fourth-order valence-electron chi connectivity index (χ4n) is 2.23. The van der Waals surface area contributed by atoms with E-state index in [0.29, 0.717) is 16.5 Å². The molecule has 112 valence electrons. The van der Waals surface area contributed by atoms with E-state index in [2.05, 4.69) is 5.32 Å². The van der Waals surface area contributed by atoms with Crippen LogP contribution in [-0.2, 0) is 10.1 Å². The van der Waals surface area contributed by atoms with E-state index in [-0.39, 0.29) is 10.6 Å². The molecule has 3 aromatic rings. The Bertz CT molecular complexity index is 937. The number of anilines is 2. The number of fused-ring (bicyclic) bond motifs is 1. The molecule has 0 saturated heterocycles. The fraction of sp³-hybridized carbons (Fsp3) is 0. The van der Waals surface area contributed by atoms with Gasteiger partial charge in [0.15, 0.2) is 0 Å². The molecule has 0 aliphatic heterocycles. The van der Waals surface area contributed by atoms with Gasteiger partial charge in [-0.25, -0.2) is 0 Å². The number of phenols is 1. The molecule has 0 bridgehead atoms. The summed E-state index contributed by atoms with van der Waals surface area (Å²) < 4.78 is 31.4. The highest BCUT2D eigenvalue weighted by atomic mass is 32.2. The number of hydrogen-bond donors (Lipinski definition) is 3. The van der Waals surface area contributed by atoms with E-state index in [1.165, 1.54) is 18.2 Å². The highest BCUT2D eigenvalue weighted by Gasteiger charge is 2.12. The molecule has 0 fully saturated rings. The van der Waals surface area contributed by atoms with Crippen molar-refractivity contribution in [3.8, 4) is 5.75 Å². The molecule has 0 radical (unpaired) electrons. The highest BCUT2D eigenvalue weighted by molar-refractivity contribution is 7.85. The van der Waals surface area contributed by atoms with Crippen LogP contribution in [0.25, 0.3) is 10.8 Å². The second-order valence-electron chi connectivity index (χ2n) is 4.81. The maximum Gasteiger partial charge on any atom is 0.294 e. The Morgan fingerprint density at radius 3 is 2.32 bits per heavy atom. The quantitative estimate of drug-likeness (QED) is 0.508. The zero-order valence-corrected chi connectivity index (χ0v) is 12.2. The maximum atomic E-state index is 11.2. The molecular weight excluding hydrogens is 302 g/mol. The van der Waals surface area contributed by atoms with Gasteiger partial charge in [-0.2, -0.15) is 8.42 Å². The number of benzene rings is 3. The summed E-state index contributed by atoms with van der Waals surface area (Å²) in [5.41, 5.74) is 1.34. The zero-order valence-electron chi connectivity index (χ0n) is 11.4. The first-order valence-corrected chi connectivity index (χ1v) is 7.94. The van der Waals surface area contributed by atoms with Crippen molar-refractivity contribution < 1.29 is 18.1 Å². The lowest BCUT2D eigenvalue weighted by Crippen LogP contribution is -1.97. The molecule has 0 amide bonds. The number of phenolic OH excluding ortho intramolecular Hbond substituents is 1. The SMILES string of the molecule is O=S(=O)(O)c1ccc2c(O)c(Nc3ccccc3)ccc2c1. The lowest BCUT2D eigenvalue weighted by atomic mass is 10.1. The van der Waals surface area contributed by atoms with Crippen LogP contribution in [0.5, 0.6) is 5.75 Å². The molecule has 0 unspecified atom stereocenters. The van der Waals surface area contributed by atoms with Gasteiger partial charge in [0.2, 0.25) is 0 Å². The highest BCUT2D eigenvalue weighted by Crippen LogP contribution is 2.35. The van der Waals surface area contributed by atoms with Gasteiger partial charge in [0.25, 0.3) is 10.1 Å². The van der Waals surface area contributed by atoms with Gasteiger partial charge >= 0.3 is 0 Å². The van der Waals surface area contributed by atoms with Crippen molar-refractivity contribution in [1.82, 2.24) is 0 Å². The summed E-state index contributed by atoms with van der Waals surface area (Å²) in [5.74, 6) is 0.0169. The summed E-state index contributed by atoms with van der Waals surface area (Å²) in [5, 5.41) is 14.4.